The van der Waals surface area contributed by atoms with Crippen LogP contribution in [0.1, 0.15) is 21.6 Å². The number of rotatable bonds is 5. The maximum absolute atomic E-state index is 13.0. The third-order valence-electron chi connectivity index (χ3n) is 5.07. The fourth-order valence-electron chi connectivity index (χ4n) is 3.38. The maximum atomic E-state index is 13.0. The second-order valence-electron chi connectivity index (χ2n) is 7.22. The van der Waals surface area contributed by atoms with Gasteiger partial charge in [-0.3, -0.25) is 4.79 Å². The largest absolute Gasteiger partial charge is 0.497 e. The number of benzene rings is 2. The number of amides is 1. The number of hydrogen-bond donors (Lipinski definition) is 1. The lowest BCUT2D eigenvalue weighted by atomic mass is 9.98. The first-order chi connectivity index (χ1) is 14.0. The summed E-state index contributed by atoms with van der Waals surface area (Å²) in [5.74, 6) is 0.776. The molecule has 0 unspecified atom stereocenters. The molecule has 6 nitrogen and oxygen atoms in total. The topological polar surface area (TPSA) is 57.7 Å². The summed E-state index contributed by atoms with van der Waals surface area (Å²) in [7, 11) is 5.70. The van der Waals surface area contributed by atoms with Crippen molar-refractivity contribution in [1.29, 1.82) is 0 Å². The molecular formula is C22H24N4O2S. The number of nitrogens with zero attached hydrogens (tertiary/aromatic N) is 3. The van der Waals surface area contributed by atoms with E-state index in [-0.39, 0.29) is 5.91 Å². The van der Waals surface area contributed by atoms with Crippen LogP contribution >= 0.6 is 11.3 Å². The molecule has 0 radical (unpaired) electrons. The summed E-state index contributed by atoms with van der Waals surface area (Å²) in [6.07, 6.45) is 0.871. The van der Waals surface area contributed by atoms with Crippen molar-refractivity contribution in [2.45, 2.75) is 13.0 Å². The van der Waals surface area contributed by atoms with Crippen LogP contribution in [0.5, 0.6) is 5.75 Å². The minimum atomic E-state index is -0.0232. The Balaban J connectivity index is 1.45. The first-order valence-electron chi connectivity index (χ1n) is 9.48. The van der Waals surface area contributed by atoms with Gasteiger partial charge < -0.3 is 19.9 Å². The van der Waals surface area contributed by atoms with E-state index in [1.807, 2.05) is 48.6 Å². The lowest BCUT2D eigenvalue weighted by molar-refractivity contribution is 0.0729. The zero-order valence-corrected chi connectivity index (χ0v) is 17.6. The number of thiazole rings is 1. The summed E-state index contributed by atoms with van der Waals surface area (Å²) in [4.78, 5) is 21.5. The fourth-order valence-corrected chi connectivity index (χ4v) is 4.09. The first-order valence-corrected chi connectivity index (χ1v) is 10.4. The van der Waals surface area contributed by atoms with Gasteiger partial charge >= 0.3 is 0 Å². The maximum Gasteiger partial charge on any atom is 0.273 e. The normalized spacial score (nSPS) is 13.0. The second kappa shape index (κ2) is 8.13. The molecule has 2 heterocycles. The minimum absolute atomic E-state index is 0.0232. The first kappa shape index (κ1) is 19.3. The van der Waals surface area contributed by atoms with Gasteiger partial charge in [0.2, 0.25) is 0 Å². The highest BCUT2D eigenvalue weighted by Gasteiger charge is 2.24. The molecule has 0 saturated carbocycles. The zero-order valence-electron chi connectivity index (χ0n) is 16.8. The average Bonchev–Trinajstić information content (AvgIpc) is 3.21. The van der Waals surface area contributed by atoms with Crippen LogP contribution in [0.2, 0.25) is 0 Å². The Hall–Kier alpha value is -3.06. The SMILES string of the molecule is COc1ccc(Nc2nc(C(=O)N3CCc4ccc(N(C)C)cc4C3)cs2)cc1. The van der Waals surface area contributed by atoms with E-state index in [0.717, 1.165) is 23.5 Å². The molecule has 0 saturated heterocycles. The van der Waals surface area contributed by atoms with Crippen LogP contribution in [0.25, 0.3) is 0 Å². The number of hydrogen-bond acceptors (Lipinski definition) is 6. The number of ether oxygens (including phenoxy) is 1. The predicted octanol–water partition coefficient (Wildman–Crippen LogP) is 4.16. The number of carbonyl (C=O) groups is 1. The van der Waals surface area contributed by atoms with Crippen molar-refractivity contribution in [1.82, 2.24) is 9.88 Å². The van der Waals surface area contributed by atoms with E-state index in [0.29, 0.717) is 23.9 Å². The number of anilines is 3. The van der Waals surface area contributed by atoms with Crippen LogP contribution in [0, 0.1) is 0 Å². The van der Waals surface area contributed by atoms with Crippen molar-refractivity contribution < 1.29 is 9.53 Å². The molecule has 0 atom stereocenters. The number of aromatic nitrogens is 1. The van der Waals surface area contributed by atoms with Crippen LogP contribution in [-0.2, 0) is 13.0 Å². The van der Waals surface area contributed by atoms with E-state index in [9.17, 15) is 4.79 Å². The summed E-state index contributed by atoms with van der Waals surface area (Å²) in [6, 6.07) is 14.1. The lowest BCUT2D eigenvalue weighted by Gasteiger charge is -2.29. The average molecular weight is 409 g/mol. The molecule has 3 aromatic rings. The Bertz CT molecular complexity index is 1010. The van der Waals surface area contributed by atoms with Crippen LogP contribution < -0.4 is 15.0 Å². The molecule has 150 valence electrons. The highest BCUT2D eigenvalue weighted by atomic mass is 32.1. The smallest absolute Gasteiger partial charge is 0.273 e. The van der Waals surface area contributed by atoms with Crippen LogP contribution in [0.3, 0.4) is 0 Å². The predicted molar refractivity (Wildman–Crippen MR) is 118 cm³/mol. The summed E-state index contributed by atoms with van der Waals surface area (Å²) >= 11 is 1.43. The molecule has 0 spiro atoms. The van der Waals surface area contributed by atoms with Gasteiger partial charge in [-0.05, 0) is 53.9 Å². The number of methoxy groups -OCH3 is 1. The molecule has 0 fully saturated rings. The summed E-state index contributed by atoms with van der Waals surface area (Å²) in [6.45, 7) is 1.33. The van der Waals surface area contributed by atoms with Crippen molar-refractivity contribution in [2.75, 3.05) is 38.0 Å². The van der Waals surface area contributed by atoms with Crippen LogP contribution in [0.4, 0.5) is 16.5 Å². The molecule has 7 heteroatoms. The Kier molecular flexibility index (Phi) is 5.40. The number of fused-ring (bicyclic) bond motifs is 1. The highest BCUT2D eigenvalue weighted by molar-refractivity contribution is 7.14. The standard InChI is InChI=1S/C22H24N4O2S/c1-25(2)18-7-4-15-10-11-26(13-16(15)12-18)21(27)20-14-29-22(24-20)23-17-5-8-19(28-3)9-6-17/h4-9,12,14H,10-11,13H2,1-3H3,(H,23,24). The van der Waals surface area contributed by atoms with Crippen LogP contribution in [0.15, 0.2) is 47.8 Å². The van der Waals surface area contributed by atoms with Gasteiger partial charge in [-0.25, -0.2) is 4.98 Å². The van der Waals surface area contributed by atoms with Gasteiger partial charge in [-0.15, -0.1) is 11.3 Å². The third kappa shape index (κ3) is 4.19. The molecule has 4 rings (SSSR count). The van der Waals surface area contributed by atoms with Gasteiger partial charge in [0, 0.05) is 43.9 Å². The van der Waals surface area contributed by atoms with E-state index >= 15 is 0 Å². The second-order valence-corrected chi connectivity index (χ2v) is 8.07. The molecule has 29 heavy (non-hydrogen) atoms. The molecule has 1 aromatic heterocycles. The Morgan fingerprint density at radius 1 is 1.17 bits per heavy atom. The third-order valence-corrected chi connectivity index (χ3v) is 5.83. The monoisotopic (exact) mass is 408 g/mol. The van der Waals surface area contributed by atoms with Crippen molar-refractivity contribution in [3.05, 3.63) is 64.7 Å². The van der Waals surface area contributed by atoms with E-state index in [4.69, 9.17) is 4.74 Å². The van der Waals surface area contributed by atoms with E-state index in [2.05, 4.69) is 33.4 Å². The van der Waals surface area contributed by atoms with Crippen molar-refractivity contribution in [3.63, 3.8) is 0 Å². The van der Waals surface area contributed by atoms with Crippen molar-refractivity contribution in [3.8, 4) is 5.75 Å². The van der Waals surface area contributed by atoms with Gasteiger partial charge in [0.25, 0.3) is 5.91 Å². The number of carbonyl (C=O) groups excluding carboxylic acids is 1. The minimum Gasteiger partial charge on any atom is -0.497 e. The van der Waals surface area contributed by atoms with Crippen LogP contribution in [-0.4, -0.2) is 43.5 Å². The fraction of sp³-hybridized carbons (Fsp3) is 0.273. The van der Waals surface area contributed by atoms with E-state index < -0.39 is 0 Å². The lowest BCUT2D eigenvalue weighted by Crippen LogP contribution is -2.36. The van der Waals surface area contributed by atoms with E-state index in [1.54, 1.807) is 7.11 Å². The Morgan fingerprint density at radius 3 is 2.69 bits per heavy atom. The van der Waals surface area contributed by atoms with Gasteiger partial charge in [0.15, 0.2) is 5.13 Å². The zero-order chi connectivity index (χ0) is 20.4. The Labute approximate surface area is 174 Å². The van der Waals surface area contributed by atoms with Gasteiger partial charge in [0.1, 0.15) is 11.4 Å². The molecular weight excluding hydrogens is 384 g/mol. The summed E-state index contributed by atoms with van der Waals surface area (Å²) < 4.78 is 5.17. The molecule has 1 aliphatic rings. The Morgan fingerprint density at radius 2 is 1.97 bits per heavy atom. The molecule has 2 aromatic carbocycles. The highest BCUT2D eigenvalue weighted by Crippen LogP contribution is 2.27. The molecule has 1 amide bonds. The van der Waals surface area contributed by atoms with E-state index in [1.165, 1.54) is 22.5 Å². The molecule has 1 N–H and O–H groups in total. The molecule has 0 aliphatic carbocycles. The van der Waals surface area contributed by atoms with Gasteiger partial charge in [0.05, 0.1) is 7.11 Å². The molecule has 1 aliphatic heterocycles. The number of nitrogens with one attached hydrogen (secondary N) is 1. The quantitative estimate of drug-likeness (QED) is 0.687. The molecule has 0 bridgehead atoms. The van der Waals surface area contributed by atoms with Gasteiger partial charge in [-0.1, -0.05) is 6.07 Å². The summed E-state index contributed by atoms with van der Waals surface area (Å²) in [5.41, 5.74) is 5.07. The van der Waals surface area contributed by atoms with Crippen molar-refractivity contribution in [2.24, 2.45) is 0 Å². The van der Waals surface area contributed by atoms with Crippen molar-refractivity contribution >= 4 is 33.8 Å². The summed E-state index contributed by atoms with van der Waals surface area (Å²) in [5, 5.41) is 5.76. The van der Waals surface area contributed by atoms with Gasteiger partial charge in [-0.2, -0.15) is 0 Å².